The molecular formula is C18H19F3N6O. The zero-order valence-electron chi connectivity index (χ0n) is 14.9. The average Bonchev–Trinajstić information content (AvgIpc) is 3.28. The Bertz CT molecular complexity index is 1040. The smallest absolute Gasteiger partial charge is 0.354 e. The summed E-state index contributed by atoms with van der Waals surface area (Å²) in [5, 5.41) is 6.45. The van der Waals surface area contributed by atoms with Crippen LogP contribution in [-0.4, -0.2) is 39.2 Å². The topological polar surface area (TPSA) is 87.6 Å². The fraction of sp³-hybridized carbons (Fsp3) is 0.389. The largest absolute Gasteiger partial charge is 0.416 e. The Morgan fingerprint density at radius 2 is 2.18 bits per heavy atom. The highest BCUT2D eigenvalue weighted by molar-refractivity contribution is 5.71. The van der Waals surface area contributed by atoms with E-state index in [-0.39, 0.29) is 6.54 Å². The third-order valence-electron chi connectivity index (χ3n) is 4.82. The van der Waals surface area contributed by atoms with Crippen LogP contribution in [0.4, 0.5) is 19.1 Å². The molecule has 1 aliphatic rings. The van der Waals surface area contributed by atoms with Crippen LogP contribution in [0.5, 0.6) is 0 Å². The van der Waals surface area contributed by atoms with Gasteiger partial charge in [0.1, 0.15) is 5.52 Å². The van der Waals surface area contributed by atoms with Crippen molar-refractivity contribution in [1.29, 1.82) is 0 Å². The second kappa shape index (κ2) is 7.27. The molecule has 1 saturated heterocycles. The van der Waals surface area contributed by atoms with Crippen LogP contribution in [0, 0.1) is 5.92 Å². The maximum absolute atomic E-state index is 12.9. The van der Waals surface area contributed by atoms with E-state index in [0.29, 0.717) is 35.1 Å². The number of nitrogens with one attached hydrogen (secondary N) is 3. The summed E-state index contributed by atoms with van der Waals surface area (Å²) in [7, 11) is 0. The molecule has 3 aromatic rings. The first kappa shape index (κ1) is 18.5. The first-order valence-electron chi connectivity index (χ1n) is 8.96. The molecule has 4 rings (SSSR count). The van der Waals surface area contributed by atoms with Crippen LogP contribution in [-0.2, 0) is 12.7 Å². The molecule has 3 N–H and O–H groups in total. The van der Waals surface area contributed by atoms with Crippen molar-refractivity contribution in [2.24, 2.45) is 5.92 Å². The fourth-order valence-corrected chi connectivity index (χ4v) is 3.33. The number of alkyl halides is 3. The normalized spacial score (nSPS) is 17.3. The monoisotopic (exact) mass is 392 g/mol. The Labute approximate surface area is 158 Å². The van der Waals surface area contributed by atoms with Gasteiger partial charge in [-0.1, -0.05) is 12.1 Å². The van der Waals surface area contributed by atoms with E-state index in [1.165, 1.54) is 16.8 Å². The van der Waals surface area contributed by atoms with Gasteiger partial charge in [-0.25, -0.2) is 9.78 Å². The predicted octanol–water partition coefficient (Wildman–Crippen LogP) is 2.21. The van der Waals surface area contributed by atoms with E-state index in [2.05, 4.69) is 25.6 Å². The number of anilines is 1. The molecule has 0 saturated carbocycles. The van der Waals surface area contributed by atoms with Gasteiger partial charge in [-0.2, -0.15) is 18.2 Å². The van der Waals surface area contributed by atoms with Crippen molar-refractivity contribution < 1.29 is 13.2 Å². The van der Waals surface area contributed by atoms with Crippen LogP contribution in [0.2, 0.25) is 0 Å². The van der Waals surface area contributed by atoms with E-state index in [0.717, 1.165) is 31.6 Å². The number of aromatic nitrogens is 4. The molecule has 0 unspecified atom stereocenters. The van der Waals surface area contributed by atoms with Gasteiger partial charge in [-0.15, -0.1) is 0 Å². The molecule has 7 nitrogen and oxygen atoms in total. The Morgan fingerprint density at radius 1 is 1.32 bits per heavy atom. The summed E-state index contributed by atoms with van der Waals surface area (Å²) < 4.78 is 40.1. The number of imidazole rings is 1. The Hall–Kier alpha value is -2.88. The summed E-state index contributed by atoms with van der Waals surface area (Å²) in [5.74, 6) is 0.869. The summed E-state index contributed by atoms with van der Waals surface area (Å²) in [6.45, 7) is 2.60. The van der Waals surface area contributed by atoms with Gasteiger partial charge in [0.2, 0.25) is 5.95 Å². The van der Waals surface area contributed by atoms with Gasteiger partial charge in [0.15, 0.2) is 5.65 Å². The molecule has 28 heavy (non-hydrogen) atoms. The van der Waals surface area contributed by atoms with Crippen molar-refractivity contribution in [2.45, 2.75) is 19.1 Å². The van der Waals surface area contributed by atoms with Crippen LogP contribution in [0.25, 0.3) is 11.2 Å². The Kier molecular flexibility index (Phi) is 4.80. The lowest BCUT2D eigenvalue weighted by molar-refractivity contribution is -0.137. The predicted molar refractivity (Wildman–Crippen MR) is 98.2 cm³/mol. The quantitative estimate of drug-likeness (QED) is 0.620. The first-order valence-corrected chi connectivity index (χ1v) is 8.96. The van der Waals surface area contributed by atoms with Crippen molar-refractivity contribution in [2.75, 3.05) is 25.0 Å². The van der Waals surface area contributed by atoms with Gasteiger partial charge in [-0.05, 0) is 43.1 Å². The molecule has 0 aliphatic carbocycles. The number of nitrogens with zero attached hydrogens (tertiary/aromatic N) is 3. The minimum Gasteiger partial charge on any atom is -0.354 e. The fourth-order valence-electron chi connectivity index (χ4n) is 3.33. The molecule has 148 valence electrons. The van der Waals surface area contributed by atoms with Crippen LogP contribution in [0.1, 0.15) is 17.5 Å². The highest BCUT2D eigenvalue weighted by atomic mass is 19.4. The van der Waals surface area contributed by atoms with Crippen molar-refractivity contribution >= 4 is 17.1 Å². The molecular weight excluding hydrogens is 373 g/mol. The van der Waals surface area contributed by atoms with Gasteiger partial charge in [0.05, 0.1) is 18.3 Å². The summed E-state index contributed by atoms with van der Waals surface area (Å²) in [6, 6.07) is 4.92. The molecule has 1 aliphatic heterocycles. The lowest BCUT2D eigenvalue weighted by Gasteiger charge is -2.11. The molecule has 10 heteroatoms. The molecule has 1 aromatic carbocycles. The van der Waals surface area contributed by atoms with Crippen LogP contribution < -0.4 is 16.3 Å². The third kappa shape index (κ3) is 3.86. The van der Waals surface area contributed by atoms with E-state index in [1.807, 2.05) is 0 Å². The second-order valence-electron chi connectivity index (χ2n) is 6.89. The molecule has 0 spiro atoms. The SMILES string of the molecule is O=c1[nH]c2cnc(NC[C@@H]3CCNC3)nc2n1Cc1cccc(C(F)(F)F)c1. The van der Waals surface area contributed by atoms with Crippen LogP contribution >= 0.6 is 0 Å². The highest BCUT2D eigenvalue weighted by Gasteiger charge is 2.30. The standard InChI is InChI=1S/C18H19F3N6O/c19-18(20,21)13-3-1-2-11(6-13)10-27-15-14(25-17(27)28)9-24-16(26-15)23-8-12-4-5-22-7-12/h1-3,6,9,12,22H,4-5,7-8,10H2,(H,25,28)(H,23,24,26)/t12-/m1/s1. The molecule has 3 heterocycles. The highest BCUT2D eigenvalue weighted by Crippen LogP contribution is 2.29. The van der Waals surface area contributed by atoms with Crippen molar-refractivity contribution in [3.05, 3.63) is 52.1 Å². The average molecular weight is 392 g/mol. The third-order valence-corrected chi connectivity index (χ3v) is 4.82. The number of aromatic amines is 1. The minimum absolute atomic E-state index is 0.0221. The van der Waals surface area contributed by atoms with E-state index < -0.39 is 17.4 Å². The maximum Gasteiger partial charge on any atom is 0.416 e. The van der Waals surface area contributed by atoms with Gasteiger partial charge < -0.3 is 15.6 Å². The number of hydrogen-bond acceptors (Lipinski definition) is 5. The minimum atomic E-state index is -4.43. The number of hydrogen-bond donors (Lipinski definition) is 3. The number of halogens is 3. The summed E-state index contributed by atoms with van der Waals surface area (Å²) >= 11 is 0. The van der Waals surface area contributed by atoms with Gasteiger partial charge >= 0.3 is 11.9 Å². The van der Waals surface area contributed by atoms with Crippen molar-refractivity contribution in [3.63, 3.8) is 0 Å². The van der Waals surface area contributed by atoms with Crippen molar-refractivity contribution in [3.8, 4) is 0 Å². The maximum atomic E-state index is 12.9. The van der Waals surface area contributed by atoms with E-state index in [4.69, 9.17) is 0 Å². The van der Waals surface area contributed by atoms with Gasteiger partial charge in [0.25, 0.3) is 0 Å². The summed E-state index contributed by atoms with van der Waals surface area (Å²) in [4.78, 5) is 23.5. The summed E-state index contributed by atoms with van der Waals surface area (Å²) in [5.41, 5.74) is -0.0450. The van der Waals surface area contributed by atoms with E-state index in [9.17, 15) is 18.0 Å². The number of rotatable bonds is 5. The Balaban J connectivity index is 1.60. The number of H-pyrrole nitrogens is 1. The molecule has 0 bridgehead atoms. The van der Waals surface area contributed by atoms with Gasteiger partial charge in [-0.3, -0.25) is 4.57 Å². The van der Waals surface area contributed by atoms with E-state index in [1.54, 1.807) is 6.07 Å². The zero-order valence-corrected chi connectivity index (χ0v) is 14.9. The first-order chi connectivity index (χ1) is 13.4. The lowest BCUT2D eigenvalue weighted by atomic mass is 10.1. The van der Waals surface area contributed by atoms with Gasteiger partial charge in [0, 0.05) is 6.54 Å². The van der Waals surface area contributed by atoms with Crippen LogP contribution in [0.3, 0.4) is 0 Å². The zero-order chi connectivity index (χ0) is 19.7. The Morgan fingerprint density at radius 3 is 2.93 bits per heavy atom. The number of benzene rings is 1. The molecule has 1 fully saturated rings. The van der Waals surface area contributed by atoms with Crippen molar-refractivity contribution in [1.82, 2.24) is 24.8 Å². The molecule has 0 radical (unpaired) electrons. The molecule has 2 aromatic heterocycles. The second-order valence-corrected chi connectivity index (χ2v) is 6.89. The van der Waals surface area contributed by atoms with Crippen LogP contribution in [0.15, 0.2) is 35.3 Å². The summed E-state index contributed by atoms with van der Waals surface area (Å²) in [6.07, 6.45) is -1.86. The lowest BCUT2D eigenvalue weighted by Crippen LogP contribution is -2.19. The molecule has 1 atom stereocenters. The number of fused-ring (bicyclic) bond motifs is 1. The molecule has 0 amide bonds. The van der Waals surface area contributed by atoms with E-state index >= 15 is 0 Å².